The van der Waals surface area contributed by atoms with E-state index in [9.17, 15) is 8.42 Å². The first kappa shape index (κ1) is 8.01. The van der Waals surface area contributed by atoms with Gasteiger partial charge in [0, 0.05) is 0 Å². The van der Waals surface area contributed by atoms with Crippen LogP contribution in [0.5, 0.6) is 0 Å². The summed E-state index contributed by atoms with van der Waals surface area (Å²) in [7, 11) is -3.23. The highest BCUT2D eigenvalue weighted by Gasteiger charge is 2.37. The number of rotatable bonds is 2. The summed E-state index contributed by atoms with van der Waals surface area (Å²) in [6, 6.07) is 0. The largest absolute Gasteiger partial charge is 0.228 e. The first-order valence-corrected chi connectivity index (χ1v) is 5.18. The summed E-state index contributed by atoms with van der Waals surface area (Å²) in [4.78, 5) is 0. The Balaban J connectivity index is 2.60. The molecular formula is C6H13NO2S. The SMILES string of the molecule is CCC1CCC1S(N)(=O)=O. The van der Waals surface area contributed by atoms with E-state index in [2.05, 4.69) is 0 Å². The molecule has 1 aliphatic carbocycles. The van der Waals surface area contributed by atoms with Crippen LogP contribution in [0.3, 0.4) is 0 Å². The monoisotopic (exact) mass is 163 g/mol. The van der Waals surface area contributed by atoms with Crippen molar-refractivity contribution in [1.29, 1.82) is 0 Å². The fourth-order valence-corrected chi connectivity index (χ4v) is 2.77. The van der Waals surface area contributed by atoms with Gasteiger partial charge in [0.2, 0.25) is 10.0 Å². The lowest BCUT2D eigenvalue weighted by Crippen LogP contribution is -2.42. The zero-order chi connectivity index (χ0) is 7.78. The molecule has 1 rings (SSSR count). The van der Waals surface area contributed by atoms with Crippen molar-refractivity contribution in [2.45, 2.75) is 31.4 Å². The van der Waals surface area contributed by atoms with Gasteiger partial charge in [-0.1, -0.05) is 13.3 Å². The van der Waals surface area contributed by atoms with Crippen LogP contribution < -0.4 is 5.14 Å². The molecule has 2 N–H and O–H groups in total. The Labute approximate surface area is 61.7 Å². The van der Waals surface area contributed by atoms with Crippen LogP contribution in [0.25, 0.3) is 0 Å². The Bertz CT molecular complexity index is 208. The van der Waals surface area contributed by atoms with Crippen molar-refractivity contribution in [3.63, 3.8) is 0 Å². The predicted molar refractivity (Wildman–Crippen MR) is 39.9 cm³/mol. The Morgan fingerprint density at radius 3 is 2.20 bits per heavy atom. The second-order valence-corrected chi connectivity index (χ2v) is 4.66. The molecule has 0 spiro atoms. The number of primary sulfonamides is 1. The minimum absolute atomic E-state index is 0.238. The van der Waals surface area contributed by atoms with Gasteiger partial charge in [-0.15, -0.1) is 0 Å². The van der Waals surface area contributed by atoms with Gasteiger partial charge in [-0.05, 0) is 18.8 Å². The molecule has 1 saturated carbocycles. The van der Waals surface area contributed by atoms with Crippen molar-refractivity contribution < 1.29 is 8.42 Å². The zero-order valence-electron chi connectivity index (χ0n) is 6.08. The molecule has 0 heterocycles. The normalized spacial score (nSPS) is 33.4. The van der Waals surface area contributed by atoms with Crippen LogP contribution >= 0.6 is 0 Å². The van der Waals surface area contributed by atoms with Gasteiger partial charge in [0.15, 0.2) is 0 Å². The average Bonchev–Trinajstić information content (AvgIpc) is 1.57. The van der Waals surface area contributed by atoms with Crippen LogP contribution in [0, 0.1) is 5.92 Å². The van der Waals surface area contributed by atoms with E-state index in [-0.39, 0.29) is 5.25 Å². The van der Waals surface area contributed by atoms with Crippen molar-refractivity contribution in [1.82, 2.24) is 0 Å². The molecule has 2 unspecified atom stereocenters. The third kappa shape index (κ3) is 1.32. The lowest BCUT2D eigenvalue weighted by Gasteiger charge is -2.33. The molecule has 0 aromatic heterocycles. The molecule has 3 nitrogen and oxygen atoms in total. The molecule has 4 heteroatoms. The molecule has 0 bridgehead atoms. The Morgan fingerprint density at radius 2 is 2.10 bits per heavy atom. The van der Waals surface area contributed by atoms with E-state index in [1.54, 1.807) is 0 Å². The minimum Gasteiger partial charge on any atom is -0.228 e. The molecule has 0 aromatic rings. The summed E-state index contributed by atoms with van der Waals surface area (Å²) >= 11 is 0. The third-order valence-electron chi connectivity index (χ3n) is 2.29. The molecule has 10 heavy (non-hydrogen) atoms. The van der Waals surface area contributed by atoms with Gasteiger partial charge in [0.25, 0.3) is 0 Å². The van der Waals surface area contributed by atoms with Crippen LogP contribution in [0.15, 0.2) is 0 Å². The second kappa shape index (κ2) is 2.51. The van der Waals surface area contributed by atoms with E-state index in [0.29, 0.717) is 5.92 Å². The number of sulfonamides is 1. The van der Waals surface area contributed by atoms with Crippen molar-refractivity contribution in [3.05, 3.63) is 0 Å². The fourth-order valence-electron chi connectivity index (χ4n) is 1.44. The lowest BCUT2D eigenvalue weighted by atomic mass is 9.83. The first-order valence-electron chi connectivity index (χ1n) is 3.57. The topological polar surface area (TPSA) is 60.2 Å². The Hall–Kier alpha value is -0.0900. The minimum atomic E-state index is -3.23. The fraction of sp³-hybridized carbons (Fsp3) is 1.00. The van der Waals surface area contributed by atoms with E-state index in [1.165, 1.54) is 0 Å². The van der Waals surface area contributed by atoms with Crippen LogP contribution in [-0.4, -0.2) is 13.7 Å². The highest BCUT2D eigenvalue weighted by Crippen LogP contribution is 2.34. The maximum atomic E-state index is 10.8. The predicted octanol–water partition coefficient (Wildman–Crippen LogP) is 0.464. The summed E-state index contributed by atoms with van der Waals surface area (Å²) in [6.45, 7) is 2.00. The van der Waals surface area contributed by atoms with Crippen LogP contribution in [0.1, 0.15) is 26.2 Å². The van der Waals surface area contributed by atoms with Gasteiger partial charge in [-0.2, -0.15) is 0 Å². The van der Waals surface area contributed by atoms with Gasteiger partial charge in [-0.3, -0.25) is 0 Å². The van der Waals surface area contributed by atoms with E-state index in [0.717, 1.165) is 19.3 Å². The summed E-state index contributed by atoms with van der Waals surface area (Å²) in [5, 5.41) is 4.74. The zero-order valence-corrected chi connectivity index (χ0v) is 6.89. The number of nitrogens with two attached hydrogens (primary N) is 1. The molecule has 0 aliphatic heterocycles. The van der Waals surface area contributed by atoms with E-state index >= 15 is 0 Å². The molecule has 2 atom stereocenters. The maximum absolute atomic E-state index is 10.8. The van der Waals surface area contributed by atoms with Crippen molar-refractivity contribution in [2.75, 3.05) is 0 Å². The average molecular weight is 163 g/mol. The smallest absolute Gasteiger partial charge is 0.212 e. The van der Waals surface area contributed by atoms with Crippen molar-refractivity contribution in [2.24, 2.45) is 11.1 Å². The standard InChI is InChI=1S/C6H13NO2S/c1-2-5-3-4-6(5)10(7,8)9/h5-6H,2-4H2,1H3,(H2,7,8,9). The summed E-state index contributed by atoms with van der Waals surface area (Å²) in [5.74, 6) is 0.329. The molecule has 0 radical (unpaired) electrons. The van der Waals surface area contributed by atoms with Gasteiger partial charge in [0.1, 0.15) is 0 Å². The van der Waals surface area contributed by atoms with Gasteiger partial charge in [-0.25, -0.2) is 13.6 Å². The second-order valence-electron chi connectivity index (χ2n) is 2.87. The molecule has 0 saturated heterocycles. The number of hydrogen-bond acceptors (Lipinski definition) is 2. The van der Waals surface area contributed by atoms with E-state index in [4.69, 9.17) is 5.14 Å². The highest BCUT2D eigenvalue weighted by molar-refractivity contribution is 7.89. The highest BCUT2D eigenvalue weighted by atomic mass is 32.2. The maximum Gasteiger partial charge on any atom is 0.212 e. The summed E-state index contributed by atoms with van der Waals surface area (Å²) < 4.78 is 21.5. The van der Waals surface area contributed by atoms with Gasteiger partial charge < -0.3 is 0 Å². The van der Waals surface area contributed by atoms with Crippen LogP contribution in [0.4, 0.5) is 0 Å². The summed E-state index contributed by atoms with van der Waals surface area (Å²) in [6.07, 6.45) is 2.72. The molecule has 0 amide bonds. The van der Waals surface area contributed by atoms with E-state index in [1.807, 2.05) is 6.92 Å². The third-order valence-corrected chi connectivity index (χ3v) is 3.76. The van der Waals surface area contributed by atoms with E-state index < -0.39 is 10.0 Å². The van der Waals surface area contributed by atoms with Crippen molar-refractivity contribution >= 4 is 10.0 Å². The van der Waals surface area contributed by atoms with Gasteiger partial charge in [0.05, 0.1) is 5.25 Å². The van der Waals surface area contributed by atoms with Crippen LogP contribution in [-0.2, 0) is 10.0 Å². The molecule has 0 aromatic carbocycles. The molecule has 60 valence electrons. The summed E-state index contributed by atoms with van der Waals surface area (Å²) in [5.41, 5.74) is 0. The Kier molecular flexibility index (Phi) is 2.01. The Morgan fingerprint density at radius 1 is 1.50 bits per heavy atom. The van der Waals surface area contributed by atoms with Crippen LogP contribution in [0.2, 0.25) is 0 Å². The van der Waals surface area contributed by atoms with Gasteiger partial charge >= 0.3 is 0 Å². The first-order chi connectivity index (χ1) is 4.55. The quantitative estimate of drug-likeness (QED) is 0.643. The molecule has 1 aliphatic rings. The molecule has 1 fully saturated rings. The molecular weight excluding hydrogens is 150 g/mol. The van der Waals surface area contributed by atoms with Crippen molar-refractivity contribution in [3.8, 4) is 0 Å². The lowest BCUT2D eigenvalue weighted by molar-refractivity contribution is 0.307. The number of hydrogen-bond donors (Lipinski definition) is 1.